The van der Waals surface area contributed by atoms with Crippen molar-refractivity contribution in [2.45, 2.75) is 49.8 Å². The highest BCUT2D eigenvalue weighted by atomic mass is 16.5. The van der Waals surface area contributed by atoms with Crippen LogP contribution in [0, 0.1) is 0 Å². The van der Waals surface area contributed by atoms with Gasteiger partial charge in [0.2, 0.25) is 0 Å². The first-order chi connectivity index (χ1) is 7.36. The summed E-state index contributed by atoms with van der Waals surface area (Å²) in [5, 5.41) is 0. The number of rotatable bonds is 2. The van der Waals surface area contributed by atoms with E-state index in [0.717, 1.165) is 13.2 Å². The Hall–Kier alpha value is -0.120. The Morgan fingerprint density at radius 1 is 1.47 bits per heavy atom. The van der Waals surface area contributed by atoms with Gasteiger partial charge in [-0.15, -0.1) is 0 Å². The van der Waals surface area contributed by atoms with Gasteiger partial charge in [-0.25, -0.2) is 0 Å². The molecule has 0 bridgehead atoms. The highest BCUT2D eigenvalue weighted by molar-refractivity contribution is 5.09. The lowest BCUT2D eigenvalue weighted by molar-refractivity contribution is -0.0126. The monoisotopic (exact) mass is 211 g/mol. The molecule has 3 aliphatic rings. The molecular formula is C12H21NO2. The number of fused-ring (bicyclic) bond motifs is 3. The second-order valence-corrected chi connectivity index (χ2v) is 5.28. The molecule has 0 aromatic carbocycles. The summed E-state index contributed by atoms with van der Waals surface area (Å²) in [6.45, 7) is 3.12. The summed E-state index contributed by atoms with van der Waals surface area (Å²) in [6, 6.07) is 0.691. The van der Waals surface area contributed by atoms with Crippen LogP contribution < -0.4 is 0 Å². The van der Waals surface area contributed by atoms with Gasteiger partial charge in [0.05, 0.1) is 12.7 Å². The van der Waals surface area contributed by atoms with E-state index in [2.05, 4.69) is 4.90 Å². The van der Waals surface area contributed by atoms with Gasteiger partial charge in [0.25, 0.3) is 0 Å². The average Bonchev–Trinajstić information content (AvgIpc) is 2.73. The Balaban J connectivity index is 1.82. The zero-order valence-electron chi connectivity index (χ0n) is 9.58. The molecule has 0 spiro atoms. The van der Waals surface area contributed by atoms with Crippen LogP contribution in [0.5, 0.6) is 0 Å². The van der Waals surface area contributed by atoms with Gasteiger partial charge >= 0.3 is 0 Å². The minimum Gasteiger partial charge on any atom is -0.383 e. The van der Waals surface area contributed by atoms with E-state index < -0.39 is 0 Å². The summed E-state index contributed by atoms with van der Waals surface area (Å²) in [6.07, 6.45) is 6.90. The maximum absolute atomic E-state index is 5.91. The van der Waals surface area contributed by atoms with Crippen LogP contribution in [-0.4, -0.2) is 49.5 Å². The number of hydrogen-bond donors (Lipinski definition) is 0. The van der Waals surface area contributed by atoms with Crippen LogP contribution in [0.4, 0.5) is 0 Å². The largest absolute Gasteiger partial charge is 0.383 e. The SMILES string of the molecule is COCC12CCCN1C1CCCOC1C2. The zero-order valence-corrected chi connectivity index (χ0v) is 9.58. The van der Waals surface area contributed by atoms with E-state index in [-0.39, 0.29) is 0 Å². The van der Waals surface area contributed by atoms with Gasteiger partial charge in [-0.1, -0.05) is 0 Å². The van der Waals surface area contributed by atoms with E-state index in [1.807, 2.05) is 7.11 Å². The highest BCUT2D eigenvalue weighted by Gasteiger charge is 2.54. The fraction of sp³-hybridized carbons (Fsp3) is 1.00. The molecular weight excluding hydrogens is 190 g/mol. The molecule has 0 amide bonds. The Bertz CT molecular complexity index is 246. The summed E-state index contributed by atoms with van der Waals surface area (Å²) < 4.78 is 11.4. The lowest BCUT2D eigenvalue weighted by Gasteiger charge is -2.35. The summed E-state index contributed by atoms with van der Waals surface area (Å²) in [5.41, 5.74) is 0.328. The molecule has 3 fully saturated rings. The minimum atomic E-state index is 0.328. The van der Waals surface area contributed by atoms with Crippen molar-refractivity contribution in [3.05, 3.63) is 0 Å². The Morgan fingerprint density at radius 3 is 3.27 bits per heavy atom. The second-order valence-electron chi connectivity index (χ2n) is 5.28. The lowest BCUT2D eigenvalue weighted by atomic mass is 9.93. The standard InChI is InChI=1S/C12H21NO2/c1-14-9-12-5-3-6-13(12)10-4-2-7-15-11(10)8-12/h10-11H,2-9H2,1H3. The Kier molecular flexibility index (Phi) is 2.49. The molecule has 0 radical (unpaired) electrons. The molecule has 3 rings (SSSR count). The molecule has 3 heterocycles. The first-order valence-electron chi connectivity index (χ1n) is 6.23. The minimum absolute atomic E-state index is 0.328. The maximum Gasteiger partial charge on any atom is 0.0748 e. The Morgan fingerprint density at radius 2 is 2.40 bits per heavy atom. The van der Waals surface area contributed by atoms with Crippen molar-refractivity contribution in [1.29, 1.82) is 0 Å². The van der Waals surface area contributed by atoms with Crippen LogP contribution in [-0.2, 0) is 9.47 Å². The summed E-state index contributed by atoms with van der Waals surface area (Å²) >= 11 is 0. The number of ether oxygens (including phenoxy) is 2. The van der Waals surface area contributed by atoms with Crippen LogP contribution in [0.1, 0.15) is 32.1 Å². The molecule has 3 atom stereocenters. The highest BCUT2D eigenvalue weighted by Crippen LogP contribution is 2.46. The van der Waals surface area contributed by atoms with Gasteiger partial charge in [0.15, 0.2) is 0 Å². The topological polar surface area (TPSA) is 21.7 Å². The third-order valence-corrected chi connectivity index (χ3v) is 4.45. The summed E-state index contributed by atoms with van der Waals surface area (Å²) in [7, 11) is 1.83. The summed E-state index contributed by atoms with van der Waals surface area (Å²) in [5.74, 6) is 0. The van der Waals surface area contributed by atoms with Gasteiger partial charge in [-0.05, 0) is 38.6 Å². The number of hydrogen-bond acceptors (Lipinski definition) is 3. The van der Waals surface area contributed by atoms with E-state index in [9.17, 15) is 0 Å². The molecule has 3 saturated heterocycles. The van der Waals surface area contributed by atoms with E-state index >= 15 is 0 Å². The molecule has 15 heavy (non-hydrogen) atoms. The molecule has 0 aliphatic carbocycles. The number of methoxy groups -OCH3 is 1. The van der Waals surface area contributed by atoms with E-state index in [1.165, 1.54) is 38.6 Å². The third kappa shape index (κ3) is 1.44. The fourth-order valence-corrected chi connectivity index (χ4v) is 3.93. The first kappa shape index (κ1) is 10.1. The van der Waals surface area contributed by atoms with Crippen molar-refractivity contribution in [2.75, 3.05) is 26.9 Å². The van der Waals surface area contributed by atoms with Crippen molar-refractivity contribution in [3.63, 3.8) is 0 Å². The third-order valence-electron chi connectivity index (χ3n) is 4.45. The van der Waals surface area contributed by atoms with Crippen molar-refractivity contribution in [3.8, 4) is 0 Å². The van der Waals surface area contributed by atoms with Gasteiger partial charge in [0.1, 0.15) is 0 Å². The van der Waals surface area contributed by atoms with E-state index in [4.69, 9.17) is 9.47 Å². The second kappa shape index (κ2) is 3.72. The van der Waals surface area contributed by atoms with Crippen molar-refractivity contribution in [1.82, 2.24) is 4.90 Å². The molecule has 86 valence electrons. The quantitative estimate of drug-likeness (QED) is 0.689. The summed E-state index contributed by atoms with van der Waals surface area (Å²) in [4.78, 5) is 2.69. The first-order valence-corrected chi connectivity index (χ1v) is 6.23. The average molecular weight is 211 g/mol. The molecule has 3 aliphatic heterocycles. The van der Waals surface area contributed by atoms with Gasteiger partial charge < -0.3 is 9.47 Å². The Labute approximate surface area is 91.7 Å². The van der Waals surface area contributed by atoms with E-state index in [1.54, 1.807) is 0 Å². The number of nitrogens with zero attached hydrogens (tertiary/aromatic N) is 1. The molecule has 0 aromatic heterocycles. The normalized spacial score (nSPS) is 45.4. The van der Waals surface area contributed by atoms with Gasteiger partial charge in [0, 0.05) is 25.3 Å². The van der Waals surface area contributed by atoms with Crippen LogP contribution >= 0.6 is 0 Å². The fourth-order valence-electron chi connectivity index (χ4n) is 3.93. The molecule has 0 saturated carbocycles. The molecule has 3 heteroatoms. The maximum atomic E-state index is 5.91. The van der Waals surface area contributed by atoms with Crippen molar-refractivity contribution in [2.24, 2.45) is 0 Å². The predicted molar refractivity (Wildman–Crippen MR) is 57.9 cm³/mol. The molecule has 3 unspecified atom stereocenters. The van der Waals surface area contributed by atoms with E-state index in [0.29, 0.717) is 17.7 Å². The lowest BCUT2D eigenvalue weighted by Crippen LogP contribution is -2.46. The van der Waals surface area contributed by atoms with Crippen molar-refractivity contribution >= 4 is 0 Å². The van der Waals surface area contributed by atoms with Gasteiger partial charge in [-0.3, -0.25) is 4.90 Å². The van der Waals surface area contributed by atoms with Crippen LogP contribution in [0.15, 0.2) is 0 Å². The van der Waals surface area contributed by atoms with Crippen LogP contribution in [0.25, 0.3) is 0 Å². The molecule has 0 N–H and O–H groups in total. The van der Waals surface area contributed by atoms with Crippen LogP contribution in [0.2, 0.25) is 0 Å². The van der Waals surface area contributed by atoms with Gasteiger partial charge in [-0.2, -0.15) is 0 Å². The molecule has 3 nitrogen and oxygen atoms in total. The molecule has 0 aromatic rings. The van der Waals surface area contributed by atoms with Crippen molar-refractivity contribution < 1.29 is 9.47 Å². The van der Waals surface area contributed by atoms with Crippen LogP contribution in [0.3, 0.4) is 0 Å². The predicted octanol–water partition coefficient (Wildman–Crippen LogP) is 1.42. The smallest absolute Gasteiger partial charge is 0.0748 e. The zero-order chi connectivity index (χ0) is 10.3.